The van der Waals surface area contributed by atoms with Crippen LogP contribution in [0.1, 0.15) is 45.1 Å². The Labute approximate surface area is 103 Å². The van der Waals surface area contributed by atoms with Crippen LogP contribution in [0.25, 0.3) is 11.3 Å². The highest BCUT2D eigenvalue weighted by atomic mass is 15.5. The predicted molar refractivity (Wildman–Crippen MR) is 70.0 cm³/mol. The monoisotopic (exact) mass is 232 g/mol. The van der Waals surface area contributed by atoms with Crippen LogP contribution in [0, 0.1) is 5.92 Å². The van der Waals surface area contributed by atoms with Gasteiger partial charge in [-0.1, -0.05) is 20.4 Å². The van der Waals surface area contributed by atoms with E-state index in [-0.39, 0.29) is 6.04 Å². The smallest absolute Gasteiger partial charge is 0.136 e. The normalized spacial score (nSPS) is 15.6. The first-order valence-electron chi connectivity index (χ1n) is 6.02. The molecule has 1 aliphatic rings. The van der Waals surface area contributed by atoms with E-state index >= 15 is 0 Å². The maximum absolute atomic E-state index is 4.59. The van der Waals surface area contributed by atoms with Crippen LogP contribution in [-0.4, -0.2) is 26.9 Å². The van der Waals surface area contributed by atoms with Gasteiger partial charge in [-0.3, -0.25) is 0 Å². The number of hydrogen-bond acceptors (Lipinski definition) is 3. The lowest BCUT2D eigenvalue weighted by atomic mass is 9.96. The van der Waals surface area contributed by atoms with Gasteiger partial charge in [-0.05, 0) is 19.8 Å². The molecule has 0 saturated carbocycles. The molecule has 92 valence electrons. The topological polar surface area (TPSA) is 34.0 Å². The highest BCUT2D eigenvalue weighted by Crippen LogP contribution is 2.33. The molecule has 0 bridgehead atoms. The summed E-state index contributed by atoms with van der Waals surface area (Å²) in [5, 5.41) is 9.13. The third-order valence-electron chi connectivity index (χ3n) is 3.02. The molecule has 0 unspecified atom stereocenters. The van der Waals surface area contributed by atoms with E-state index in [1.54, 1.807) is 4.80 Å². The summed E-state index contributed by atoms with van der Waals surface area (Å²) in [6.07, 6.45) is 2.11. The van der Waals surface area contributed by atoms with Gasteiger partial charge >= 0.3 is 0 Å². The third kappa shape index (κ3) is 1.88. The number of hydrogen-bond donors (Lipinski definition) is 0. The summed E-state index contributed by atoms with van der Waals surface area (Å²) in [6.45, 7) is 12.6. The second kappa shape index (κ2) is 4.02. The Morgan fingerprint density at radius 1 is 1.12 bits per heavy atom. The molecule has 0 saturated heterocycles. The lowest BCUT2D eigenvalue weighted by molar-refractivity contribution is 0.464. The van der Waals surface area contributed by atoms with Crippen molar-refractivity contribution >= 4 is 11.3 Å². The summed E-state index contributed by atoms with van der Waals surface area (Å²) in [5.74, 6) is 0.432. The Bertz CT molecular complexity index is 480. The van der Waals surface area contributed by atoms with Crippen molar-refractivity contribution in [3.05, 3.63) is 24.2 Å². The minimum absolute atomic E-state index is 0.270. The van der Waals surface area contributed by atoms with E-state index in [0.29, 0.717) is 5.92 Å². The van der Waals surface area contributed by atoms with E-state index in [2.05, 4.69) is 50.7 Å². The van der Waals surface area contributed by atoms with Crippen molar-refractivity contribution in [2.45, 2.75) is 33.7 Å². The molecule has 2 rings (SSSR count). The molecule has 17 heavy (non-hydrogen) atoms. The number of fused-ring (bicyclic) bond motifs is 1. The quantitative estimate of drug-likeness (QED) is 0.786. The molecular formula is C13H20N4. The zero-order valence-corrected chi connectivity index (χ0v) is 11.2. The summed E-state index contributed by atoms with van der Waals surface area (Å²) in [7, 11) is 2.00. The molecule has 2 heterocycles. The van der Waals surface area contributed by atoms with Crippen molar-refractivity contribution in [3.8, 4) is 0 Å². The van der Waals surface area contributed by atoms with Crippen LogP contribution in [0.4, 0.5) is 0 Å². The van der Waals surface area contributed by atoms with Gasteiger partial charge in [0.05, 0.1) is 11.7 Å². The molecule has 0 amide bonds. The van der Waals surface area contributed by atoms with E-state index in [1.165, 1.54) is 5.57 Å². The maximum atomic E-state index is 4.59. The van der Waals surface area contributed by atoms with E-state index in [1.807, 2.05) is 11.9 Å². The van der Waals surface area contributed by atoms with Crippen LogP contribution in [0.15, 0.2) is 12.8 Å². The van der Waals surface area contributed by atoms with Crippen molar-refractivity contribution in [2.24, 2.45) is 5.92 Å². The largest absolute Gasteiger partial charge is 0.349 e. The van der Waals surface area contributed by atoms with Crippen molar-refractivity contribution in [1.82, 2.24) is 19.9 Å². The second-order valence-electron chi connectivity index (χ2n) is 5.11. The van der Waals surface area contributed by atoms with Crippen LogP contribution in [0.5, 0.6) is 0 Å². The summed E-state index contributed by atoms with van der Waals surface area (Å²) in [6, 6.07) is 0.270. The van der Waals surface area contributed by atoms with E-state index < -0.39 is 0 Å². The van der Waals surface area contributed by atoms with E-state index in [4.69, 9.17) is 0 Å². The SMILES string of the molecule is C=C1c2nn(C(C)C)nc2C(C(C)C)=CN1C. The lowest BCUT2D eigenvalue weighted by Crippen LogP contribution is -2.17. The van der Waals surface area contributed by atoms with Gasteiger partial charge in [0.25, 0.3) is 0 Å². The van der Waals surface area contributed by atoms with E-state index in [9.17, 15) is 0 Å². The van der Waals surface area contributed by atoms with Crippen molar-refractivity contribution in [2.75, 3.05) is 7.05 Å². The van der Waals surface area contributed by atoms with Crippen LogP contribution < -0.4 is 0 Å². The number of nitrogens with zero attached hydrogens (tertiary/aromatic N) is 4. The Morgan fingerprint density at radius 2 is 1.71 bits per heavy atom. The van der Waals surface area contributed by atoms with Crippen molar-refractivity contribution < 1.29 is 0 Å². The minimum Gasteiger partial charge on any atom is -0.349 e. The van der Waals surface area contributed by atoms with Gasteiger partial charge in [0.15, 0.2) is 0 Å². The maximum Gasteiger partial charge on any atom is 0.136 e. The van der Waals surface area contributed by atoms with E-state index in [0.717, 1.165) is 17.1 Å². The van der Waals surface area contributed by atoms with Crippen LogP contribution in [0.2, 0.25) is 0 Å². The first-order valence-corrected chi connectivity index (χ1v) is 6.02. The molecular weight excluding hydrogens is 212 g/mol. The zero-order valence-electron chi connectivity index (χ0n) is 11.2. The third-order valence-corrected chi connectivity index (χ3v) is 3.02. The summed E-state index contributed by atoms with van der Waals surface area (Å²) < 4.78 is 0. The molecule has 0 aromatic carbocycles. The lowest BCUT2D eigenvalue weighted by Gasteiger charge is -2.24. The Kier molecular flexibility index (Phi) is 2.81. The average Bonchev–Trinajstić information content (AvgIpc) is 2.67. The molecule has 0 fully saturated rings. The van der Waals surface area contributed by atoms with Gasteiger partial charge in [0.1, 0.15) is 11.4 Å². The van der Waals surface area contributed by atoms with Crippen molar-refractivity contribution in [1.29, 1.82) is 0 Å². The Balaban J connectivity index is 2.57. The molecule has 0 radical (unpaired) electrons. The molecule has 1 aromatic rings. The molecule has 4 nitrogen and oxygen atoms in total. The summed E-state index contributed by atoms with van der Waals surface area (Å²) in [5.41, 5.74) is 4.03. The molecule has 1 aliphatic heterocycles. The van der Waals surface area contributed by atoms with Gasteiger partial charge in [-0.25, -0.2) is 0 Å². The fraction of sp³-hybridized carbons (Fsp3) is 0.538. The predicted octanol–water partition coefficient (Wildman–Crippen LogP) is 2.77. The molecule has 0 aliphatic carbocycles. The highest BCUT2D eigenvalue weighted by Gasteiger charge is 2.26. The number of allylic oxidation sites excluding steroid dienone is 1. The van der Waals surface area contributed by atoms with Gasteiger partial charge in [-0.15, -0.1) is 0 Å². The fourth-order valence-electron chi connectivity index (χ4n) is 1.88. The highest BCUT2D eigenvalue weighted by molar-refractivity contribution is 5.79. The Morgan fingerprint density at radius 3 is 2.24 bits per heavy atom. The van der Waals surface area contributed by atoms with Gasteiger partial charge in [0.2, 0.25) is 0 Å². The zero-order chi connectivity index (χ0) is 12.7. The molecule has 0 atom stereocenters. The first kappa shape index (κ1) is 11.9. The fourth-order valence-corrected chi connectivity index (χ4v) is 1.88. The second-order valence-corrected chi connectivity index (χ2v) is 5.11. The first-order chi connectivity index (χ1) is 7.91. The van der Waals surface area contributed by atoms with Gasteiger partial charge < -0.3 is 4.90 Å². The number of rotatable bonds is 2. The summed E-state index contributed by atoms with van der Waals surface area (Å²) in [4.78, 5) is 3.79. The minimum atomic E-state index is 0.270. The summed E-state index contributed by atoms with van der Waals surface area (Å²) >= 11 is 0. The van der Waals surface area contributed by atoms with Crippen molar-refractivity contribution in [3.63, 3.8) is 0 Å². The molecule has 1 aromatic heterocycles. The van der Waals surface area contributed by atoms with Gasteiger partial charge in [-0.2, -0.15) is 15.0 Å². The Hall–Kier alpha value is -1.58. The molecule has 4 heteroatoms. The average molecular weight is 232 g/mol. The standard InChI is InChI=1S/C13H20N4/c1-8(2)11-7-16(6)10(5)12-13(11)15-17(14-12)9(3)4/h7-9H,5H2,1-4,6H3. The number of aromatic nitrogens is 3. The van der Waals surface area contributed by atoms with Crippen LogP contribution in [0.3, 0.4) is 0 Å². The van der Waals surface area contributed by atoms with Crippen LogP contribution >= 0.6 is 0 Å². The van der Waals surface area contributed by atoms with Crippen LogP contribution in [-0.2, 0) is 0 Å². The molecule has 0 N–H and O–H groups in total. The van der Waals surface area contributed by atoms with Gasteiger partial charge in [0, 0.05) is 18.8 Å². The molecule has 0 spiro atoms.